The highest BCUT2D eigenvalue weighted by molar-refractivity contribution is 6.35. The van der Waals surface area contributed by atoms with Crippen molar-refractivity contribution >= 4 is 45.2 Å². The maximum absolute atomic E-state index is 16.3. The zero-order chi connectivity index (χ0) is 26.6. The molecule has 3 aromatic carbocycles. The predicted molar refractivity (Wildman–Crippen MR) is 139 cm³/mol. The molecule has 2 saturated heterocycles. The molecular weight excluding hydrogens is 518 g/mol. The summed E-state index contributed by atoms with van der Waals surface area (Å²) in [6.07, 6.45) is -0.646. The average molecular weight is 541 g/mol. The van der Waals surface area contributed by atoms with Crippen molar-refractivity contribution in [3.8, 4) is 16.9 Å². The van der Waals surface area contributed by atoms with Crippen molar-refractivity contribution in [3.05, 3.63) is 59.4 Å². The largest absolute Gasteiger partial charge is 0.468 e. The number of hydrogen-bond donors (Lipinski definition) is 1. The van der Waals surface area contributed by atoms with Crippen molar-refractivity contribution in [3.63, 3.8) is 0 Å². The third-order valence-electron chi connectivity index (χ3n) is 7.29. The van der Waals surface area contributed by atoms with Crippen molar-refractivity contribution in [1.82, 2.24) is 14.9 Å². The molecule has 8 nitrogen and oxygen atoms in total. The normalized spacial score (nSPS) is 18.9. The van der Waals surface area contributed by atoms with Gasteiger partial charge in [-0.25, -0.2) is 9.18 Å². The lowest BCUT2D eigenvalue weighted by molar-refractivity contribution is 0.0512. The van der Waals surface area contributed by atoms with E-state index in [4.69, 9.17) is 21.1 Å². The van der Waals surface area contributed by atoms with E-state index in [0.717, 1.165) is 10.8 Å². The molecule has 2 bridgehead atoms. The van der Waals surface area contributed by atoms with Crippen LogP contribution in [0, 0.1) is 11.9 Å². The fourth-order valence-electron chi connectivity index (χ4n) is 5.73. The number of halogens is 3. The predicted octanol–water partition coefficient (Wildman–Crippen LogP) is 5.70. The lowest BCUT2D eigenvalue weighted by Gasteiger charge is -2.40. The van der Waals surface area contributed by atoms with Gasteiger partial charge in [-0.3, -0.25) is 4.90 Å². The number of methoxy groups -OCH3 is 1. The summed E-state index contributed by atoms with van der Waals surface area (Å²) in [7, 11) is 1.50. The zero-order valence-corrected chi connectivity index (χ0v) is 21.1. The van der Waals surface area contributed by atoms with E-state index in [1.807, 2.05) is 30.3 Å². The molecule has 3 heterocycles. The fourth-order valence-corrected chi connectivity index (χ4v) is 6.02. The SMILES string of the molecule is COCOc1cc(-c2c(Cl)cc3c(N4CC5CCC(C4)N5C(=O)O)nc(F)nc3c2F)c2ccccc2c1. The van der Waals surface area contributed by atoms with Gasteiger partial charge in [0.2, 0.25) is 0 Å². The minimum atomic E-state index is -1.07. The number of hydrogen-bond acceptors (Lipinski definition) is 6. The van der Waals surface area contributed by atoms with E-state index in [9.17, 15) is 14.3 Å². The summed E-state index contributed by atoms with van der Waals surface area (Å²) >= 11 is 6.73. The number of piperazine rings is 1. The Morgan fingerprint density at radius 1 is 1.11 bits per heavy atom. The molecule has 2 fully saturated rings. The van der Waals surface area contributed by atoms with Crippen molar-refractivity contribution in [1.29, 1.82) is 0 Å². The van der Waals surface area contributed by atoms with Crippen LogP contribution in [0.3, 0.4) is 0 Å². The molecule has 2 unspecified atom stereocenters. The summed E-state index contributed by atoms with van der Waals surface area (Å²) in [6.45, 7) is 0.641. The van der Waals surface area contributed by atoms with Crippen LogP contribution in [-0.2, 0) is 4.74 Å². The highest BCUT2D eigenvalue weighted by Gasteiger charge is 2.43. The molecule has 11 heteroatoms. The number of fused-ring (bicyclic) bond motifs is 4. The average Bonchev–Trinajstić information content (AvgIpc) is 3.17. The molecule has 2 atom stereocenters. The first-order valence-corrected chi connectivity index (χ1v) is 12.5. The number of rotatable bonds is 5. The van der Waals surface area contributed by atoms with Crippen LogP contribution in [0.25, 0.3) is 32.8 Å². The summed E-state index contributed by atoms with van der Waals surface area (Å²) in [6, 6.07) is 11.9. The number of aromatic nitrogens is 2. The lowest BCUT2D eigenvalue weighted by atomic mass is 9.96. The smallest absolute Gasteiger partial charge is 0.407 e. The van der Waals surface area contributed by atoms with Crippen LogP contribution in [0.2, 0.25) is 5.02 Å². The molecule has 38 heavy (non-hydrogen) atoms. The first-order chi connectivity index (χ1) is 18.4. The monoisotopic (exact) mass is 540 g/mol. The van der Waals surface area contributed by atoms with E-state index in [0.29, 0.717) is 37.2 Å². The Balaban J connectivity index is 1.50. The number of ether oxygens (including phenoxy) is 2. The van der Waals surface area contributed by atoms with Gasteiger partial charge < -0.3 is 19.5 Å². The van der Waals surface area contributed by atoms with Gasteiger partial charge in [-0.05, 0) is 47.4 Å². The van der Waals surface area contributed by atoms with Crippen LogP contribution in [0.4, 0.5) is 19.4 Å². The minimum absolute atomic E-state index is 0.00460. The second-order valence-electron chi connectivity index (χ2n) is 9.48. The quantitative estimate of drug-likeness (QED) is 0.257. The summed E-state index contributed by atoms with van der Waals surface area (Å²) in [5, 5.41) is 11.5. The summed E-state index contributed by atoms with van der Waals surface area (Å²) in [5.41, 5.74) is 0.331. The van der Waals surface area contributed by atoms with Crippen LogP contribution < -0.4 is 9.64 Å². The van der Waals surface area contributed by atoms with E-state index in [2.05, 4.69) is 9.97 Å². The number of amides is 1. The molecule has 1 aromatic heterocycles. The van der Waals surface area contributed by atoms with E-state index in [1.54, 1.807) is 17.0 Å². The Morgan fingerprint density at radius 2 is 1.84 bits per heavy atom. The van der Waals surface area contributed by atoms with E-state index >= 15 is 4.39 Å². The number of benzene rings is 3. The molecule has 0 radical (unpaired) electrons. The third-order valence-corrected chi connectivity index (χ3v) is 7.58. The molecule has 0 aliphatic carbocycles. The Hall–Kier alpha value is -3.76. The van der Waals surface area contributed by atoms with Crippen molar-refractivity contribution in [2.75, 3.05) is 31.9 Å². The van der Waals surface area contributed by atoms with Crippen LogP contribution >= 0.6 is 11.6 Å². The van der Waals surface area contributed by atoms with E-state index in [-0.39, 0.29) is 46.2 Å². The molecule has 6 rings (SSSR count). The van der Waals surface area contributed by atoms with Gasteiger partial charge in [0.25, 0.3) is 0 Å². The van der Waals surface area contributed by atoms with Crippen molar-refractivity contribution in [2.24, 2.45) is 0 Å². The summed E-state index contributed by atoms with van der Waals surface area (Å²) in [4.78, 5) is 22.8. The number of anilines is 1. The molecule has 0 saturated carbocycles. The first kappa shape index (κ1) is 24.6. The van der Waals surface area contributed by atoms with Gasteiger partial charge in [0.15, 0.2) is 12.6 Å². The van der Waals surface area contributed by atoms with Crippen LogP contribution in [0.1, 0.15) is 12.8 Å². The standard InChI is InChI=1S/C27H23ClF2N4O4/c1-37-13-38-17-8-14-4-2-3-5-18(14)19(9-17)22-21(28)10-20-24(23(22)29)31-26(30)32-25(20)33-11-15-6-7-16(12-33)34(15)27(35)36/h2-5,8-10,15-16H,6-7,11-13H2,1H3,(H,35,36). The van der Waals surface area contributed by atoms with Gasteiger partial charge in [0.1, 0.15) is 17.1 Å². The molecular formula is C27H23ClF2N4O4. The van der Waals surface area contributed by atoms with Gasteiger partial charge in [-0.2, -0.15) is 14.4 Å². The van der Waals surface area contributed by atoms with Crippen molar-refractivity contribution in [2.45, 2.75) is 24.9 Å². The fraction of sp³-hybridized carbons (Fsp3) is 0.296. The summed E-state index contributed by atoms with van der Waals surface area (Å²) in [5.74, 6) is -0.127. The second-order valence-corrected chi connectivity index (χ2v) is 9.89. The molecule has 1 N–H and O–H groups in total. The number of nitrogens with zero attached hydrogens (tertiary/aromatic N) is 4. The topological polar surface area (TPSA) is 88.0 Å². The molecule has 2 aliphatic heterocycles. The first-order valence-electron chi connectivity index (χ1n) is 12.1. The number of carbonyl (C=O) groups is 1. The molecule has 1 amide bonds. The van der Waals surface area contributed by atoms with Crippen LogP contribution in [0.5, 0.6) is 5.75 Å². The Morgan fingerprint density at radius 3 is 2.55 bits per heavy atom. The molecule has 0 spiro atoms. The van der Waals surface area contributed by atoms with Gasteiger partial charge in [-0.1, -0.05) is 35.9 Å². The minimum Gasteiger partial charge on any atom is -0.468 e. The van der Waals surface area contributed by atoms with E-state index < -0.39 is 18.0 Å². The van der Waals surface area contributed by atoms with Gasteiger partial charge in [0.05, 0.1) is 17.1 Å². The van der Waals surface area contributed by atoms with Crippen molar-refractivity contribution < 1.29 is 28.2 Å². The van der Waals surface area contributed by atoms with Gasteiger partial charge in [-0.15, -0.1) is 0 Å². The van der Waals surface area contributed by atoms with Gasteiger partial charge in [0, 0.05) is 31.1 Å². The highest BCUT2D eigenvalue weighted by Crippen LogP contribution is 2.43. The maximum Gasteiger partial charge on any atom is 0.407 e. The van der Waals surface area contributed by atoms with E-state index in [1.165, 1.54) is 12.0 Å². The van der Waals surface area contributed by atoms with Crippen LogP contribution in [-0.4, -0.2) is 65.1 Å². The second kappa shape index (κ2) is 9.52. The Kier molecular flexibility index (Phi) is 6.16. The van der Waals surface area contributed by atoms with Crippen LogP contribution in [0.15, 0.2) is 42.5 Å². The molecule has 196 valence electrons. The Labute approximate surface area is 221 Å². The Bertz CT molecular complexity index is 1570. The summed E-state index contributed by atoms with van der Waals surface area (Å²) < 4.78 is 41.7. The maximum atomic E-state index is 16.3. The molecule has 4 aromatic rings. The number of carboxylic acid groups (broad SMARTS) is 1. The lowest BCUT2D eigenvalue weighted by Crippen LogP contribution is -2.55. The zero-order valence-electron chi connectivity index (χ0n) is 20.3. The highest BCUT2D eigenvalue weighted by atomic mass is 35.5. The molecule has 2 aliphatic rings. The van der Waals surface area contributed by atoms with Gasteiger partial charge >= 0.3 is 12.2 Å². The third kappa shape index (κ3) is 4.04.